The highest BCUT2D eigenvalue weighted by Gasteiger charge is 2.19. The molecule has 0 fully saturated rings. The van der Waals surface area contributed by atoms with E-state index in [1.165, 1.54) is 205 Å². The van der Waals surface area contributed by atoms with Crippen molar-refractivity contribution in [3.63, 3.8) is 0 Å². The van der Waals surface area contributed by atoms with Crippen molar-refractivity contribution in [2.75, 3.05) is 13.2 Å². The summed E-state index contributed by atoms with van der Waals surface area (Å²) in [5, 5.41) is 0. The molecule has 0 aromatic rings. The van der Waals surface area contributed by atoms with Gasteiger partial charge in [-0.05, 0) is 83.5 Å². The molecule has 71 heavy (non-hydrogen) atoms. The molecule has 0 amide bonds. The molecule has 0 aliphatic carbocycles. The number of carbonyl (C=O) groups is 3. The minimum Gasteiger partial charge on any atom is -0.462 e. The van der Waals surface area contributed by atoms with E-state index in [1.807, 2.05) is 0 Å². The molecule has 0 heterocycles. The fourth-order valence-electron chi connectivity index (χ4n) is 9.09. The number of hydrogen-bond donors (Lipinski definition) is 0. The summed E-state index contributed by atoms with van der Waals surface area (Å²) >= 11 is 0. The molecule has 0 radical (unpaired) electrons. The van der Waals surface area contributed by atoms with Crippen molar-refractivity contribution in [3.8, 4) is 0 Å². The molecule has 6 heteroatoms. The van der Waals surface area contributed by atoms with Gasteiger partial charge in [0, 0.05) is 19.3 Å². The first-order chi connectivity index (χ1) is 35.0. The van der Waals surface area contributed by atoms with Crippen LogP contribution in [0.2, 0.25) is 0 Å². The maximum Gasteiger partial charge on any atom is 0.306 e. The molecule has 0 saturated heterocycles. The first-order valence-corrected chi connectivity index (χ1v) is 31.1. The van der Waals surface area contributed by atoms with Crippen LogP contribution in [-0.4, -0.2) is 37.2 Å². The van der Waals surface area contributed by atoms with Gasteiger partial charge in [0.1, 0.15) is 13.2 Å². The molecule has 0 aliphatic rings. The third kappa shape index (κ3) is 58.1. The molecule has 0 saturated carbocycles. The number of hydrogen-bond acceptors (Lipinski definition) is 6. The molecule has 0 aromatic heterocycles. The summed E-state index contributed by atoms with van der Waals surface area (Å²) < 4.78 is 16.9. The fraction of sp³-hybridized carbons (Fsp3) is 0.831. The summed E-state index contributed by atoms with van der Waals surface area (Å²) in [7, 11) is 0. The van der Waals surface area contributed by atoms with Crippen molar-refractivity contribution in [2.45, 2.75) is 335 Å². The molecule has 0 aliphatic heterocycles. The van der Waals surface area contributed by atoms with Crippen LogP contribution in [-0.2, 0) is 28.6 Å². The van der Waals surface area contributed by atoms with Gasteiger partial charge in [0.05, 0.1) is 0 Å². The van der Waals surface area contributed by atoms with Gasteiger partial charge in [-0.2, -0.15) is 0 Å². The van der Waals surface area contributed by atoms with E-state index in [1.54, 1.807) is 0 Å². The van der Waals surface area contributed by atoms with Crippen LogP contribution < -0.4 is 0 Å². The van der Waals surface area contributed by atoms with E-state index < -0.39 is 6.10 Å². The van der Waals surface area contributed by atoms with Gasteiger partial charge in [-0.3, -0.25) is 14.4 Å². The Morgan fingerprint density at radius 1 is 0.282 bits per heavy atom. The van der Waals surface area contributed by atoms with Crippen LogP contribution in [0.5, 0.6) is 0 Å². The zero-order valence-electron chi connectivity index (χ0n) is 47.5. The molecule has 0 rings (SSSR count). The third-order valence-corrected chi connectivity index (χ3v) is 13.8. The molecule has 1 unspecified atom stereocenters. The van der Waals surface area contributed by atoms with Gasteiger partial charge in [0.25, 0.3) is 0 Å². The fourth-order valence-corrected chi connectivity index (χ4v) is 9.09. The van der Waals surface area contributed by atoms with E-state index in [0.717, 1.165) is 83.5 Å². The van der Waals surface area contributed by atoms with Crippen LogP contribution in [0.1, 0.15) is 329 Å². The van der Waals surface area contributed by atoms with Gasteiger partial charge in [0.2, 0.25) is 0 Å². The lowest BCUT2D eigenvalue weighted by atomic mass is 10.0. The van der Waals surface area contributed by atoms with Crippen molar-refractivity contribution in [3.05, 3.63) is 48.6 Å². The second-order valence-electron chi connectivity index (χ2n) is 21.0. The summed E-state index contributed by atoms with van der Waals surface area (Å²) in [6.07, 6.45) is 73.9. The standard InChI is InChI=1S/C65H118O6/c1-4-7-10-13-16-19-22-25-27-29-30-31-32-33-34-36-37-40-43-46-49-52-55-58-64(67)70-61-62(60-69-63(66)57-54-51-48-45-42-39-24-21-18-15-12-9-6-3)71-65(68)59-56-53-50-47-44-41-38-35-28-26-23-20-17-14-11-8-5-2/h21-22,24-25,29-30,32-33,62H,4-20,23,26-28,31,34-61H2,1-3H3/b24-21-,25-22-,30-29-,33-32-. The van der Waals surface area contributed by atoms with Crippen molar-refractivity contribution >= 4 is 17.9 Å². The van der Waals surface area contributed by atoms with Gasteiger partial charge >= 0.3 is 17.9 Å². The SMILES string of the molecule is CCCCCC/C=C\CCCCCCCC(=O)OCC(COC(=O)CCCCCCCCCC/C=C\C/C=C\C/C=C\CCCCCCC)OC(=O)CCCCCCCCCCCCCCCCCCC. The topological polar surface area (TPSA) is 78.9 Å². The first kappa shape index (κ1) is 68.4. The zero-order chi connectivity index (χ0) is 51.4. The van der Waals surface area contributed by atoms with Gasteiger partial charge in [-0.15, -0.1) is 0 Å². The van der Waals surface area contributed by atoms with Gasteiger partial charge < -0.3 is 14.2 Å². The van der Waals surface area contributed by atoms with Crippen molar-refractivity contribution in [2.24, 2.45) is 0 Å². The van der Waals surface area contributed by atoms with Crippen molar-refractivity contribution in [1.82, 2.24) is 0 Å². The lowest BCUT2D eigenvalue weighted by Crippen LogP contribution is -2.30. The van der Waals surface area contributed by atoms with Crippen LogP contribution in [0.3, 0.4) is 0 Å². The minimum atomic E-state index is -0.778. The molecular weight excluding hydrogens is 877 g/mol. The monoisotopic (exact) mass is 995 g/mol. The average Bonchev–Trinajstić information content (AvgIpc) is 3.37. The van der Waals surface area contributed by atoms with Crippen LogP contribution in [0.4, 0.5) is 0 Å². The summed E-state index contributed by atoms with van der Waals surface area (Å²) in [5.41, 5.74) is 0. The van der Waals surface area contributed by atoms with Crippen LogP contribution in [0.15, 0.2) is 48.6 Å². The maximum atomic E-state index is 12.9. The second kappa shape index (κ2) is 59.9. The Bertz CT molecular complexity index is 1230. The predicted molar refractivity (Wildman–Crippen MR) is 307 cm³/mol. The Morgan fingerprint density at radius 3 is 0.817 bits per heavy atom. The Kier molecular flexibility index (Phi) is 57.7. The molecule has 414 valence electrons. The Labute approximate surface area is 441 Å². The highest BCUT2D eigenvalue weighted by molar-refractivity contribution is 5.71. The van der Waals surface area contributed by atoms with Crippen molar-refractivity contribution in [1.29, 1.82) is 0 Å². The average molecular weight is 996 g/mol. The summed E-state index contributed by atoms with van der Waals surface area (Å²) in [5.74, 6) is -0.873. The molecule has 0 aromatic carbocycles. The minimum absolute atomic E-state index is 0.0765. The molecule has 0 bridgehead atoms. The van der Waals surface area contributed by atoms with E-state index in [-0.39, 0.29) is 31.1 Å². The van der Waals surface area contributed by atoms with E-state index in [2.05, 4.69) is 69.4 Å². The highest BCUT2D eigenvalue weighted by Crippen LogP contribution is 2.17. The van der Waals surface area contributed by atoms with Gasteiger partial charge in [-0.1, -0.05) is 275 Å². The Balaban J connectivity index is 4.32. The largest absolute Gasteiger partial charge is 0.462 e. The Morgan fingerprint density at radius 2 is 0.507 bits per heavy atom. The molecular formula is C65H118O6. The van der Waals surface area contributed by atoms with E-state index in [4.69, 9.17) is 14.2 Å². The third-order valence-electron chi connectivity index (χ3n) is 13.8. The van der Waals surface area contributed by atoms with Crippen LogP contribution in [0, 0.1) is 0 Å². The number of rotatable bonds is 57. The number of unbranched alkanes of at least 4 members (excludes halogenated alkanes) is 38. The molecule has 6 nitrogen and oxygen atoms in total. The van der Waals surface area contributed by atoms with E-state index in [9.17, 15) is 14.4 Å². The smallest absolute Gasteiger partial charge is 0.306 e. The van der Waals surface area contributed by atoms with Crippen LogP contribution >= 0.6 is 0 Å². The van der Waals surface area contributed by atoms with Gasteiger partial charge in [0.15, 0.2) is 6.10 Å². The number of carbonyl (C=O) groups excluding carboxylic acids is 3. The summed E-state index contributed by atoms with van der Waals surface area (Å²) in [4.78, 5) is 38.2. The normalized spacial score (nSPS) is 12.3. The highest BCUT2D eigenvalue weighted by atomic mass is 16.6. The second-order valence-corrected chi connectivity index (χ2v) is 21.0. The first-order valence-electron chi connectivity index (χ1n) is 31.1. The predicted octanol–water partition coefficient (Wildman–Crippen LogP) is 21.0. The lowest BCUT2D eigenvalue weighted by molar-refractivity contribution is -0.167. The Hall–Kier alpha value is -2.63. The quantitative estimate of drug-likeness (QED) is 0.0261. The molecule has 0 N–H and O–H groups in total. The van der Waals surface area contributed by atoms with E-state index >= 15 is 0 Å². The maximum absolute atomic E-state index is 12.9. The number of ether oxygens (including phenoxy) is 3. The lowest BCUT2D eigenvalue weighted by Gasteiger charge is -2.18. The number of esters is 3. The van der Waals surface area contributed by atoms with E-state index in [0.29, 0.717) is 19.3 Å². The summed E-state index contributed by atoms with van der Waals surface area (Å²) in [6.45, 7) is 6.65. The number of allylic oxidation sites excluding steroid dienone is 8. The summed E-state index contributed by atoms with van der Waals surface area (Å²) in [6, 6.07) is 0. The van der Waals surface area contributed by atoms with Crippen molar-refractivity contribution < 1.29 is 28.6 Å². The zero-order valence-corrected chi connectivity index (χ0v) is 47.5. The van der Waals surface area contributed by atoms with Gasteiger partial charge in [-0.25, -0.2) is 0 Å². The van der Waals surface area contributed by atoms with Crippen LogP contribution in [0.25, 0.3) is 0 Å². The molecule has 0 spiro atoms. The molecule has 1 atom stereocenters.